The van der Waals surface area contributed by atoms with E-state index in [9.17, 15) is 0 Å². The van der Waals surface area contributed by atoms with Crippen LogP contribution in [-0.4, -0.2) is 49.1 Å². The fraction of sp³-hybridized carbons (Fsp3) is 0.625. The first-order chi connectivity index (χ1) is 9.35. The number of fused-ring (bicyclic) bond motifs is 1. The van der Waals surface area contributed by atoms with E-state index in [1.165, 1.54) is 51.0 Å². The molecule has 19 heavy (non-hydrogen) atoms. The number of methoxy groups -OCH3 is 1. The Bertz CT molecular complexity index is 421. The Morgan fingerprint density at radius 2 is 2.11 bits per heavy atom. The molecule has 1 aromatic rings. The first kappa shape index (κ1) is 12.9. The summed E-state index contributed by atoms with van der Waals surface area (Å²) in [6, 6.07) is 9.28. The van der Waals surface area contributed by atoms with E-state index in [1.54, 1.807) is 7.11 Å². The molecule has 3 rings (SSSR count). The third kappa shape index (κ3) is 3.10. The largest absolute Gasteiger partial charge is 0.497 e. The molecule has 0 aliphatic carbocycles. The average molecular weight is 260 g/mol. The molecule has 2 heterocycles. The van der Waals surface area contributed by atoms with Crippen molar-refractivity contribution in [2.75, 3.05) is 33.3 Å². The first-order valence-electron chi connectivity index (χ1n) is 7.44. The quantitative estimate of drug-likeness (QED) is 0.830. The van der Waals surface area contributed by atoms with Gasteiger partial charge in [0.15, 0.2) is 0 Å². The van der Waals surface area contributed by atoms with Crippen LogP contribution in [0.5, 0.6) is 5.75 Å². The highest BCUT2D eigenvalue weighted by atomic mass is 16.5. The molecule has 0 aromatic heterocycles. The van der Waals surface area contributed by atoms with Gasteiger partial charge in [-0.1, -0.05) is 12.1 Å². The summed E-state index contributed by atoms with van der Waals surface area (Å²) in [5, 5.41) is 0. The van der Waals surface area contributed by atoms with E-state index in [0.29, 0.717) is 0 Å². The van der Waals surface area contributed by atoms with Crippen molar-refractivity contribution in [3.8, 4) is 5.75 Å². The molecule has 2 aliphatic heterocycles. The van der Waals surface area contributed by atoms with E-state index in [4.69, 9.17) is 4.74 Å². The molecule has 0 saturated carbocycles. The van der Waals surface area contributed by atoms with E-state index < -0.39 is 0 Å². The fourth-order valence-electron chi connectivity index (χ4n) is 3.46. The Kier molecular flexibility index (Phi) is 4.04. The van der Waals surface area contributed by atoms with Gasteiger partial charge in [0.05, 0.1) is 7.11 Å². The average Bonchev–Trinajstić information content (AvgIpc) is 2.78. The van der Waals surface area contributed by atoms with Crippen molar-refractivity contribution < 1.29 is 4.74 Å². The Morgan fingerprint density at radius 3 is 3.00 bits per heavy atom. The summed E-state index contributed by atoms with van der Waals surface area (Å²) in [5.41, 5.74) is 1.37. The zero-order valence-electron chi connectivity index (χ0n) is 11.8. The lowest BCUT2D eigenvalue weighted by atomic mass is 10.1. The second-order valence-electron chi connectivity index (χ2n) is 5.77. The van der Waals surface area contributed by atoms with Crippen LogP contribution in [0.4, 0.5) is 0 Å². The monoisotopic (exact) mass is 260 g/mol. The number of ether oxygens (including phenoxy) is 1. The number of rotatable bonds is 3. The van der Waals surface area contributed by atoms with Gasteiger partial charge in [0.1, 0.15) is 5.75 Å². The standard InChI is InChI=1S/C16H24N2O/c1-19-16-7-2-5-14(11-16)12-17-8-4-10-18-9-3-6-15(18)13-17/h2,5,7,11,15H,3-4,6,8-10,12-13H2,1H3. The normalized spacial score (nSPS) is 25.0. The van der Waals surface area contributed by atoms with Crippen LogP contribution >= 0.6 is 0 Å². The molecule has 0 bridgehead atoms. The van der Waals surface area contributed by atoms with E-state index >= 15 is 0 Å². The minimum Gasteiger partial charge on any atom is -0.497 e. The van der Waals surface area contributed by atoms with Crippen LogP contribution in [0.1, 0.15) is 24.8 Å². The van der Waals surface area contributed by atoms with Crippen LogP contribution in [0.3, 0.4) is 0 Å². The summed E-state index contributed by atoms with van der Waals surface area (Å²) in [7, 11) is 1.74. The van der Waals surface area contributed by atoms with E-state index in [1.807, 2.05) is 6.07 Å². The molecule has 1 atom stereocenters. The summed E-state index contributed by atoms with van der Waals surface area (Å²) in [6.45, 7) is 6.12. The lowest BCUT2D eigenvalue weighted by molar-refractivity contribution is 0.215. The molecule has 2 aliphatic rings. The summed E-state index contributed by atoms with van der Waals surface area (Å²) in [6.07, 6.45) is 4.08. The van der Waals surface area contributed by atoms with Crippen LogP contribution in [0.15, 0.2) is 24.3 Å². The summed E-state index contributed by atoms with van der Waals surface area (Å²) in [4.78, 5) is 5.30. The maximum Gasteiger partial charge on any atom is 0.119 e. The van der Waals surface area contributed by atoms with Crippen LogP contribution in [-0.2, 0) is 6.54 Å². The Morgan fingerprint density at radius 1 is 1.21 bits per heavy atom. The topological polar surface area (TPSA) is 15.7 Å². The zero-order chi connectivity index (χ0) is 13.1. The third-order valence-corrected chi connectivity index (χ3v) is 4.43. The van der Waals surface area contributed by atoms with Gasteiger partial charge in [-0.2, -0.15) is 0 Å². The molecular formula is C16H24N2O. The predicted molar refractivity (Wildman–Crippen MR) is 77.5 cm³/mol. The summed E-state index contributed by atoms with van der Waals surface area (Å²) >= 11 is 0. The lowest BCUT2D eigenvalue weighted by Crippen LogP contribution is -2.36. The maximum absolute atomic E-state index is 5.31. The van der Waals surface area contributed by atoms with Crippen LogP contribution in [0.2, 0.25) is 0 Å². The van der Waals surface area contributed by atoms with Gasteiger partial charge in [-0.15, -0.1) is 0 Å². The highest BCUT2D eigenvalue weighted by Gasteiger charge is 2.28. The van der Waals surface area contributed by atoms with Gasteiger partial charge in [0.25, 0.3) is 0 Å². The van der Waals surface area contributed by atoms with Crippen LogP contribution < -0.4 is 4.74 Å². The molecule has 3 heteroatoms. The van der Waals surface area contributed by atoms with Crippen molar-refractivity contribution >= 4 is 0 Å². The minimum absolute atomic E-state index is 0.799. The molecule has 1 unspecified atom stereocenters. The lowest BCUT2D eigenvalue weighted by Gasteiger charge is -2.25. The molecule has 0 N–H and O–H groups in total. The van der Waals surface area contributed by atoms with Crippen molar-refractivity contribution in [3.63, 3.8) is 0 Å². The molecule has 2 saturated heterocycles. The zero-order valence-corrected chi connectivity index (χ0v) is 11.8. The molecule has 2 fully saturated rings. The van der Waals surface area contributed by atoms with E-state index in [2.05, 4.69) is 28.0 Å². The van der Waals surface area contributed by atoms with Gasteiger partial charge in [0, 0.05) is 19.1 Å². The SMILES string of the molecule is COc1cccc(CN2CCCN3CCCC3C2)c1. The molecule has 0 amide bonds. The van der Waals surface area contributed by atoms with Crippen molar-refractivity contribution in [3.05, 3.63) is 29.8 Å². The predicted octanol–water partition coefficient (Wildman–Crippen LogP) is 2.37. The van der Waals surface area contributed by atoms with Gasteiger partial charge in [-0.25, -0.2) is 0 Å². The second kappa shape index (κ2) is 5.93. The van der Waals surface area contributed by atoms with Gasteiger partial charge in [-0.05, 0) is 56.6 Å². The number of nitrogens with zero attached hydrogens (tertiary/aromatic N) is 2. The highest BCUT2D eigenvalue weighted by molar-refractivity contribution is 5.28. The van der Waals surface area contributed by atoms with Crippen molar-refractivity contribution in [2.45, 2.75) is 31.8 Å². The number of benzene rings is 1. The Hall–Kier alpha value is -1.06. The Balaban J connectivity index is 1.65. The van der Waals surface area contributed by atoms with Gasteiger partial charge < -0.3 is 4.74 Å². The maximum atomic E-state index is 5.31. The van der Waals surface area contributed by atoms with Crippen molar-refractivity contribution in [2.24, 2.45) is 0 Å². The molecular weight excluding hydrogens is 236 g/mol. The van der Waals surface area contributed by atoms with E-state index in [-0.39, 0.29) is 0 Å². The second-order valence-corrected chi connectivity index (χ2v) is 5.77. The Labute approximate surface area is 116 Å². The number of hydrogen-bond acceptors (Lipinski definition) is 3. The molecule has 0 radical (unpaired) electrons. The minimum atomic E-state index is 0.799. The smallest absolute Gasteiger partial charge is 0.119 e. The van der Waals surface area contributed by atoms with Crippen LogP contribution in [0.25, 0.3) is 0 Å². The van der Waals surface area contributed by atoms with Crippen molar-refractivity contribution in [1.29, 1.82) is 0 Å². The molecule has 1 aromatic carbocycles. The number of hydrogen-bond donors (Lipinski definition) is 0. The van der Waals surface area contributed by atoms with Gasteiger partial charge in [0.2, 0.25) is 0 Å². The molecule has 3 nitrogen and oxygen atoms in total. The summed E-state index contributed by atoms with van der Waals surface area (Å²) in [5.74, 6) is 0.967. The van der Waals surface area contributed by atoms with Gasteiger partial charge in [-0.3, -0.25) is 9.80 Å². The highest BCUT2D eigenvalue weighted by Crippen LogP contribution is 2.23. The first-order valence-corrected chi connectivity index (χ1v) is 7.44. The summed E-state index contributed by atoms with van der Waals surface area (Å²) < 4.78 is 5.31. The fourth-order valence-corrected chi connectivity index (χ4v) is 3.46. The van der Waals surface area contributed by atoms with Crippen LogP contribution in [0, 0.1) is 0 Å². The van der Waals surface area contributed by atoms with Gasteiger partial charge >= 0.3 is 0 Å². The molecule has 104 valence electrons. The third-order valence-electron chi connectivity index (χ3n) is 4.43. The van der Waals surface area contributed by atoms with Crippen molar-refractivity contribution in [1.82, 2.24) is 9.80 Å². The van der Waals surface area contributed by atoms with E-state index in [0.717, 1.165) is 18.3 Å². The molecule has 0 spiro atoms.